The molecule has 0 saturated carbocycles. The molecule has 0 amide bonds. The largest absolute Gasteiger partial charge is 0.453 e. The normalized spacial score (nSPS) is 14.0. The predicted molar refractivity (Wildman–Crippen MR) is 83.3 cm³/mol. The van der Waals surface area contributed by atoms with Crippen LogP contribution in [-0.2, 0) is 23.7 Å². The van der Waals surface area contributed by atoms with Crippen LogP contribution in [0.5, 0.6) is 0 Å². The molecule has 5 nitrogen and oxygen atoms in total. The smallest absolute Gasteiger partial charge is 0.303 e. The Hall–Kier alpha value is -1.69. The summed E-state index contributed by atoms with van der Waals surface area (Å²) in [7, 11) is 1.62. The molecule has 5 heteroatoms. The van der Waals surface area contributed by atoms with E-state index in [0.717, 1.165) is 5.56 Å². The molecular formula is C17H24O5. The Bertz CT molecular complexity index is 444. The SMILES string of the molecule is COCCOCO[C@@H](C)/C=C\[C@@H](OC(C)=O)c1ccccc1. The number of ether oxygens (including phenoxy) is 4. The third-order valence-electron chi connectivity index (χ3n) is 2.82. The molecule has 2 atom stereocenters. The maximum absolute atomic E-state index is 11.2. The Balaban J connectivity index is 2.48. The van der Waals surface area contributed by atoms with E-state index < -0.39 is 6.10 Å². The Morgan fingerprint density at radius 1 is 1.18 bits per heavy atom. The molecule has 0 aliphatic rings. The van der Waals surface area contributed by atoms with Gasteiger partial charge in [-0.2, -0.15) is 0 Å². The second kappa shape index (κ2) is 11.0. The van der Waals surface area contributed by atoms with Gasteiger partial charge in [0.2, 0.25) is 0 Å². The molecule has 1 aromatic rings. The number of methoxy groups -OCH3 is 1. The fourth-order valence-electron chi connectivity index (χ4n) is 1.71. The van der Waals surface area contributed by atoms with Gasteiger partial charge < -0.3 is 18.9 Å². The molecule has 0 N–H and O–H groups in total. The second-order valence-corrected chi connectivity index (χ2v) is 4.72. The summed E-state index contributed by atoms with van der Waals surface area (Å²) in [6.07, 6.45) is 3.10. The van der Waals surface area contributed by atoms with Crippen LogP contribution < -0.4 is 0 Å². The lowest BCUT2D eigenvalue weighted by Crippen LogP contribution is -2.12. The molecule has 0 aliphatic heterocycles. The van der Waals surface area contributed by atoms with Crippen LogP contribution in [0.3, 0.4) is 0 Å². The number of hydrogen-bond donors (Lipinski definition) is 0. The molecule has 0 aliphatic carbocycles. The molecule has 0 aromatic heterocycles. The number of hydrogen-bond acceptors (Lipinski definition) is 5. The molecule has 0 bridgehead atoms. The van der Waals surface area contributed by atoms with Crippen molar-refractivity contribution in [3.63, 3.8) is 0 Å². The molecule has 0 spiro atoms. The van der Waals surface area contributed by atoms with Gasteiger partial charge in [0, 0.05) is 14.0 Å². The van der Waals surface area contributed by atoms with Crippen molar-refractivity contribution in [2.24, 2.45) is 0 Å². The van der Waals surface area contributed by atoms with Crippen molar-refractivity contribution < 1.29 is 23.7 Å². The Labute approximate surface area is 131 Å². The number of esters is 1. The highest BCUT2D eigenvalue weighted by Gasteiger charge is 2.11. The minimum atomic E-state index is -0.417. The molecule has 0 radical (unpaired) electrons. The summed E-state index contributed by atoms with van der Waals surface area (Å²) < 4.78 is 20.9. The van der Waals surface area contributed by atoms with E-state index >= 15 is 0 Å². The van der Waals surface area contributed by atoms with Crippen LogP contribution in [0.2, 0.25) is 0 Å². The van der Waals surface area contributed by atoms with Crippen LogP contribution in [0, 0.1) is 0 Å². The highest BCUT2D eigenvalue weighted by Crippen LogP contribution is 2.19. The molecule has 0 fully saturated rings. The highest BCUT2D eigenvalue weighted by molar-refractivity contribution is 5.66. The summed E-state index contributed by atoms with van der Waals surface area (Å²) in [6.45, 7) is 4.51. The van der Waals surface area contributed by atoms with E-state index in [1.54, 1.807) is 7.11 Å². The van der Waals surface area contributed by atoms with E-state index in [4.69, 9.17) is 18.9 Å². The zero-order chi connectivity index (χ0) is 16.2. The standard InChI is InChI=1S/C17H24O5/c1-14(21-13-20-12-11-19-3)9-10-17(22-15(2)18)16-7-5-4-6-8-16/h4-10,14,17H,11-13H2,1-3H3/b10-9-/t14-,17+/m0/s1. The fraction of sp³-hybridized carbons (Fsp3) is 0.471. The Morgan fingerprint density at radius 3 is 2.55 bits per heavy atom. The molecular weight excluding hydrogens is 284 g/mol. The molecule has 0 unspecified atom stereocenters. The topological polar surface area (TPSA) is 54.0 Å². The van der Waals surface area contributed by atoms with Gasteiger partial charge in [0.25, 0.3) is 0 Å². The lowest BCUT2D eigenvalue weighted by Gasteiger charge is -2.15. The maximum Gasteiger partial charge on any atom is 0.303 e. The monoisotopic (exact) mass is 308 g/mol. The minimum Gasteiger partial charge on any atom is -0.453 e. The molecule has 0 saturated heterocycles. The van der Waals surface area contributed by atoms with Gasteiger partial charge in [-0.05, 0) is 18.6 Å². The summed E-state index contributed by atoms with van der Waals surface area (Å²) in [5.41, 5.74) is 0.914. The lowest BCUT2D eigenvalue weighted by atomic mass is 10.1. The molecule has 1 rings (SSSR count). The Kier molecular flexibility index (Phi) is 9.14. The number of benzene rings is 1. The van der Waals surface area contributed by atoms with Crippen molar-refractivity contribution in [1.82, 2.24) is 0 Å². The van der Waals surface area contributed by atoms with Crippen LogP contribution in [0.25, 0.3) is 0 Å². The highest BCUT2D eigenvalue weighted by atomic mass is 16.7. The van der Waals surface area contributed by atoms with Crippen LogP contribution >= 0.6 is 0 Å². The summed E-state index contributed by atoms with van der Waals surface area (Å²) in [6, 6.07) is 9.56. The first-order valence-electron chi connectivity index (χ1n) is 7.22. The zero-order valence-electron chi connectivity index (χ0n) is 13.4. The average Bonchev–Trinajstić information content (AvgIpc) is 2.51. The van der Waals surface area contributed by atoms with Gasteiger partial charge in [0.15, 0.2) is 0 Å². The van der Waals surface area contributed by atoms with Crippen molar-refractivity contribution in [3.05, 3.63) is 48.0 Å². The van der Waals surface area contributed by atoms with Gasteiger partial charge in [-0.15, -0.1) is 0 Å². The summed E-state index contributed by atoms with van der Waals surface area (Å²) in [5, 5.41) is 0. The minimum absolute atomic E-state index is 0.149. The third-order valence-corrected chi connectivity index (χ3v) is 2.82. The van der Waals surface area contributed by atoms with Crippen molar-refractivity contribution >= 4 is 5.97 Å². The van der Waals surface area contributed by atoms with E-state index in [-0.39, 0.29) is 18.9 Å². The number of rotatable bonds is 10. The van der Waals surface area contributed by atoms with Crippen molar-refractivity contribution in [2.45, 2.75) is 26.1 Å². The maximum atomic E-state index is 11.2. The fourth-order valence-corrected chi connectivity index (χ4v) is 1.71. The Morgan fingerprint density at radius 2 is 1.91 bits per heavy atom. The molecule has 22 heavy (non-hydrogen) atoms. The quantitative estimate of drug-likeness (QED) is 0.288. The summed E-state index contributed by atoms with van der Waals surface area (Å²) in [4.78, 5) is 11.2. The number of carbonyl (C=O) groups is 1. The molecule has 0 heterocycles. The van der Waals surface area contributed by atoms with Gasteiger partial charge in [0.1, 0.15) is 12.9 Å². The van der Waals surface area contributed by atoms with Crippen molar-refractivity contribution in [2.75, 3.05) is 27.1 Å². The van der Waals surface area contributed by atoms with E-state index in [2.05, 4.69) is 0 Å². The predicted octanol–water partition coefficient (Wildman–Crippen LogP) is 2.87. The summed E-state index contributed by atoms with van der Waals surface area (Å²) >= 11 is 0. The van der Waals surface area contributed by atoms with Gasteiger partial charge in [-0.25, -0.2) is 0 Å². The van der Waals surface area contributed by atoms with Crippen molar-refractivity contribution in [1.29, 1.82) is 0 Å². The van der Waals surface area contributed by atoms with E-state index in [1.165, 1.54) is 6.92 Å². The third kappa shape index (κ3) is 7.93. The molecule has 122 valence electrons. The first kappa shape index (κ1) is 18.4. The zero-order valence-corrected chi connectivity index (χ0v) is 13.4. The van der Waals surface area contributed by atoms with Gasteiger partial charge >= 0.3 is 5.97 Å². The van der Waals surface area contributed by atoms with E-state index in [0.29, 0.717) is 13.2 Å². The van der Waals surface area contributed by atoms with Crippen LogP contribution in [0.1, 0.15) is 25.5 Å². The van der Waals surface area contributed by atoms with E-state index in [1.807, 2.05) is 49.4 Å². The van der Waals surface area contributed by atoms with Gasteiger partial charge in [-0.3, -0.25) is 4.79 Å². The average molecular weight is 308 g/mol. The van der Waals surface area contributed by atoms with Crippen LogP contribution in [0.15, 0.2) is 42.5 Å². The molecule has 1 aromatic carbocycles. The summed E-state index contributed by atoms with van der Waals surface area (Å²) in [5.74, 6) is -0.324. The first-order valence-corrected chi connectivity index (χ1v) is 7.22. The van der Waals surface area contributed by atoms with Gasteiger partial charge in [0.05, 0.1) is 19.3 Å². The lowest BCUT2D eigenvalue weighted by molar-refractivity contribution is -0.144. The van der Waals surface area contributed by atoms with Crippen molar-refractivity contribution in [3.8, 4) is 0 Å². The second-order valence-electron chi connectivity index (χ2n) is 4.72. The number of carbonyl (C=O) groups excluding carboxylic acids is 1. The first-order chi connectivity index (χ1) is 10.6. The van der Waals surface area contributed by atoms with Crippen LogP contribution in [-0.4, -0.2) is 39.2 Å². The van der Waals surface area contributed by atoms with Gasteiger partial charge in [-0.1, -0.05) is 36.4 Å². The van der Waals surface area contributed by atoms with Crippen LogP contribution in [0.4, 0.5) is 0 Å². The van der Waals surface area contributed by atoms with E-state index in [9.17, 15) is 4.79 Å².